The third-order valence-corrected chi connectivity index (χ3v) is 9.37. The van der Waals surface area contributed by atoms with Crippen LogP contribution in [0, 0.1) is 0 Å². The lowest BCUT2D eigenvalue weighted by Gasteiger charge is -2.18. The molecule has 0 heterocycles. The number of phosphoric acid groups is 1. The lowest BCUT2D eigenvalue weighted by molar-refractivity contribution is -0.161. The number of hydrogen-bond acceptors (Lipinski definition) is 6. The van der Waals surface area contributed by atoms with Crippen LogP contribution in [0.5, 0.6) is 0 Å². The summed E-state index contributed by atoms with van der Waals surface area (Å²) >= 11 is 0. The van der Waals surface area contributed by atoms with E-state index in [9.17, 15) is 14.2 Å². The molecule has 0 rings (SSSR count). The Bertz CT molecular complexity index is 1180. The second kappa shape index (κ2) is 41.9. The molecule has 0 aliphatic heterocycles. The van der Waals surface area contributed by atoms with Crippen molar-refractivity contribution in [3.05, 3.63) is 85.1 Å². The predicted molar refractivity (Wildman–Crippen MR) is 234 cm³/mol. The highest BCUT2D eigenvalue weighted by Gasteiger charge is 2.22. The van der Waals surface area contributed by atoms with E-state index in [4.69, 9.17) is 19.3 Å². The Balaban J connectivity index is 4.10. The first-order chi connectivity index (χ1) is 27.3. The smallest absolute Gasteiger partial charge is 0.462 e. The first-order valence-corrected chi connectivity index (χ1v) is 23.4. The van der Waals surface area contributed by atoms with E-state index in [0.29, 0.717) is 19.3 Å². The van der Waals surface area contributed by atoms with Crippen molar-refractivity contribution < 1.29 is 37.9 Å². The fourth-order valence-corrected chi connectivity index (χ4v) is 5.98. The molecule has 0 spiro atoms. The summed E-state index contributed by atoms with van der Waals surface area (Å²) in [4.78, 5) is 42.8. The number of phosphoric ester groups is 1. The van der Waals surface area contributed by atoms with Gasteiger partial charge in [-0.2, -0.15) is 0 Å². The highest BCUT2D eigenvalue weighted by molar-refractivity contribution is 7.46. The number of esters is 2. The molecule has 0 aliphatic carbocycles. The molecular weight excluding hydrogens is 723 g/mol. The molecule has 320 valence electrons. The normalized spacial score (nSPS) is 13.3. The Kier molecular flexibility index (Phi) is 39.8. The number of carbonyl (C=O) groups is 2. The van der Waals surface area contributed by atoms with E-state index in [-0.39, 0.29) is 19.4 Å². The molecule has 0 saturated heterocycles. The van der Waals surface area contributed by atoms with Gasteiger partial charge in [0.25, 0.3) is 0 Å². The maximum Gasteiger partial charge on any atom is 0.469 e. The molecule has 0 aromatic carbocycles. The number of hydrogen-bond donors (Lipinski definition) is 2. The van der Waals surface area contributed by atoms with Gasteiger partial charge in [0, 0.05) is 12.8 Å². The lowest BCUT2D eigenvalue weighted by Crippen LogP contribution is -2.29. The molecule has 0 aromatic rings. The summed E-state index contributed by atoms with van der Waals surface area (Å²) in [5.41, 5.74) is 0. The molecule has 0 unspecified atom stereocenters. The maximum atomic E-state index is 12.4. The predicted octanol–water partition coefficient (Wildman–Crippen LogP) is 13.6. The highest BCUT2D eigenvalue weighted by atomic mass is 31.2. The summed E-state index contributed by atoms with van der Waals surface area (Å²) in [6.45, 7) is 3.58. The Labute approximate surface area is 342 Å². The SMILES string of the molecule is CCCCCCCC/C=C/C/C=C/C/C=C/CCCC(=O)O[C@H](COC(=O)CCC/C=C/C/C=C/C/C=C/C/C=C/CCCCCCCCC)COP(=O)(O)O. The minimum Gasteiger partial charge on any atom is -0.462 e. The van der Waals surface area contributed by atoms with E-state index in [0.717, 1.165) is 44.9 Å². The van der Waals surface area contributed by atoms with Crippen LogP contribution in [0.4, 0.5) is 0 Å². The summed E-state index contributed by atoms with van der Waals surface area (Å²) < 4.78 is 26.3. The van der Waals surface area contributed by atoms with Crippen LogP contribution in [0.15, 0.2) is 85.1 Å². The molecule has 0 radical (unpaired) electrons. The maximum absolute atomic E-state index is 12.4. The van der Waals surface area contributed by atoms with E-state index in [1.54, 1.807) is 0 Å². The van der Waals surface area contributed by atoms with E-state index in [2.05, 4.69) is 91.3 Å². The van der Waals surface area contributed by atoms with Gasteiger partial charge in [0.1, 0.15) is 6.61 Å². The van der Waals surface area contributed by atoms with Crippen LogP contribution in [-0.2, 0) is 28.2 Å². The number of allylic oxidation sites excluding steroid dienone is 14. The second-order valence-corrected chi connectivity index (χ2v) is 15.5. The highest BCUT2D eigenvalue weighted by Crippen LogP contribution is 2.36. The van der Waals surface area contributed by atoms with Gasteiger partial charge < -0.3 is 19.3 Å². The van der Waals surface area contributed by atoms with Crippen molar-refractivity contribution in [2.45, 2.75) is 187 Å². The molecule has 0 amide bonds. The first-order valence-electron chi connectivity index (χ1n) is 21.9. The van der Waals surface area contributed by atoms with Gasteiger partial charge in [0.05, 0.1) is 6.61 Å². The number of rotatable bonds is 39. The molecule has 0 saturated carbocycles. The molecule has 8 nitrogen and oxygen atoms in total. The monoisotopic (exact) mass is 803 g/mol. The van der Waals surface area contributed by atoms with E-state index >= 15 is 0 Å². The van der Waals surface area contributed by atoms with E-state index < -0.39 is 32.5 Å². The van der Waals surface area contributed by atoms with Gasteiger partial charge in [-0.3, -0.25) is 14.1 Å². The molecule has 0 aromatic heterocycles. The summed E-state index contributed by atoms with van der Waals surface area (Å²) in [7, 11) is -4.79. The third kappa shape index (κ3) is 44.0. The molecular formula is C47H79O8P. The fourth-order valence-electron chi connectivity index (χ4n) is 5.62. The van der Waals surface area contributed by atoms with Gasteiger partial charge in [-0.05, 0) is 83.5 Å². The Hall–Kier alpha value is -2.77. The van der Waals surface area contributed by atoms with Crippen LogP contribution >= 0.6 is 7.82 Å². The summed E-state index contributed by atoms with van der Waals surface area (Å²) in [5, 5.41) is 0. The van der Waals surface area contributed by atoms with Gasteiger partial charge in [-0.25, -0.2) is 4.57 Å². The van der Waals surface area contributed by atoms with Crippen molar-refractivity contribution in [1.82, 2.24) is 0 Å². The lowest BCUT2D eigenvalue weighted by atomic mass is 10.1. The van der Waals surface area contributed by atoms with Gasteiger partial charge in [-0.1, -0.05) is 170 Å². The Morgan fingerprint density at radius 3 is 1.20 bits per heavy atom. The fraction of sp³-hybridized carbons (Fsp3) is 0.660. The van der Waals surface area contributed by atoms with Crippen LogP contribution in [0.25, 0.3) is 0 Å². The molecule has 0 aliphatic rings. The minimum absolute atomic E-state index is 0.124. The van der Waals surface area contributed by atoms with Crippen LogP contribution in [0.2, 0.25) is 0 Å². The van der Waals surface area contributed by atoms with Crippen molar-refractivity contribution in [1.29, 1.82) is 0 Å². The van der Waals surface area contributed by atoms with Gasteiger partial charge >= 0.3 is 19.8 Å². The van der Waals surface area contributed by atoms with Crippen LogP contribution < -0.4 is 0 Å². The Morgan fingerprint density at radius 2 is 0.804 bits per heavy atom. The van der Waals surface area contributed by atoms with E-state index in [1.165, 1.54) is 89.9 Å². The number of ether oxygens (including phenoxy) is 2. The van der Waals surface area contributed by atoms with Gasteiger partial charge in [-0.15, -0.1) is 0 Å². The van der Waals surface area contributed by atoms with Crippen LogP contribution in [0.3, 0.4) is 0 Å². The summed E-state index contributed by atoms with van der Waals surface area (Å²) in [5.74, 6) is -1.02. The van der Waals surface area contributed by atoms with Crippen molar-refractivity contribution in [3.8, 4) is 0 Å². The van der Waals surface area contributed by atoms with E-state index in [1.807, 2.05) is 12.2 Å². The topological polar surface area (TPSA) is 119 Å². The zero-order chi connectivity index (χ0) is 41.1. The molecule has 1 atom stereocenters. The van der Waals surface area contributed by atoms with Gasteiger partial charge in [0.2, 0.25) is 0 Å². The zero-order valence-corrected chi connectivity index (χ0v) is 36.1. The standard InChI is InChI=1S/C47H79O8P/c1-3-5-7-9-11-13-15-17-19-21-22-23-24-26-27-29-31-33-35-37-39-41-46(48)53-43-45(44-54-56(50,51)52)55-47(49)42-40-38-36-34-32-30-28-25-20-18-16-14-12-10-8-6-4-2/h18-21,23-24,27-30,33-36,45H,3-17,22,25-26,31-32,37-44H2,1-2H3,(H2,50,51,52)/b20-18+,21-19+,24-23+,29-27+,30-28+,35-33+,36-34+/t45-/m1/s1. The molecule has 56 heavy (non-hydrogen) atoms. The minimum atomic E-state index is -4.79. The quantitative estimate of drug-likeness (QED) is 0.0273. The molecule has 0 bridgehead atoms. The van der Waals surface area contributed by atoms with Gasteiger partial charge in [0.15, 0.2) is 6.10 Å². The van der Waals surface area contributed by atoms with Crippen molar-refractivity contribution >= 4 is 19.8 Å². The number of unbranched alkanes of at least 4 members (excludes halogenated alkanes) is 15. The summed E-state index contributed by atoms with van der Waals surface area (Å²) in [6, 6.07) is 0. The van der Waals surface area contributed by atoms with Crippen molar-refractivity contribution in [2.24, 2.45) is 0 Å². The molecule has 9 heteroatoms. The molecule has 0 fully saturated rings. The van der Waals surface area contributed by atoms with Crippen molar-refractivity contribution in [3.63, 3.8) is 0 Å². The summed E-state index contributed by atoms with van der Waals surface area (Å²) in [6.07, 6.45) is 56.1. The average molecular weight is 803 g/mol. The Morgan fingerprint density at radius 1 is 0.464 bits per heavy atom. The van der Waals surface area contributed by atoms with Crippen LogP contribution in [-0.4, -0.2) is 41.0 Å². The van der Waals surface area contributed by atoms with Crippen LogP contribution in [0.1, 0.15) is 181 Å². The second-order valence-electron chi connectivity index (χ2n) is 14.3. The largest absolute Gasteiger partial charge is 0.469 e. The third-order valence-electron chi connectivity index (χ3n) is 8.89. The molecule has 2 N–H and O–H groups in total. The van der Waals surface area contributed by atoms with Crippen molar-refractivity contribution in [2.75, 3.05) is 13.2 Å². The average Bonchev–Trinajstić information content (AvgIpc) is 3.17. The zero-order valence-electron chi connectivity index (χ0n) is 35.3. The first kappa shape index (κ1) is 53.2. The number of carbonyl (C=O) groups excluding carboxylic acids is 2.